The highest BCUT2D eigenvalue weighted by Crippen LogP contribution is 1.90. The first kappa shape index (κ1) is 9.21. The van der Waals surface area contributed by atoms with E-state index >= 15 is 0 Å². The molecule has 0 saturated carbocycles. The molecule has 0 bridgehead atoms. The smallest absolute Gasteiger partial charge is 0.0496 e. The fourth-order valence-corrected chi connectivity index (χ4v) is 0.581. The molecule has 0 rings (SSSR count). The van der Waals surface area contributed by atoms with Gasteiger partial charge in [-0.25, -0.2) is 0 Å². The first-order valence-corrected chi connectivity index (χ1v) is 3.55. The molecule has 0 saturated heterocycles. The molecule has 2 heteroatoms. The minimum Gasteiger partial charge on any atom is -0.303 e. The summed E-state index contributed by atoms with van der Waals surface area (Å²) in [4.78, 5) is 0. The molecule has 0 aliphatic carbocycles. The van der Waals surface area contributed by atoms with Crippen molar-refractivity contribution < 1.29 is 0 Å². The highest BCUT2D eigenvalue weighted by atomic mass is 15.4. The predicted molar refractivity (Wildman–Crippen MR) is 46.2 cm³/mol. The van der Waals surface area contributed by atoms with Crippen molar-refractivity contribution >= 4 is 6.21 Å². The molecule has 0 spiro atoms. The van der Waals surface area contributed by atoms with Crippen LogP contribution < -0.4 is 0 Å². The van der Waals surface area contributed by atoms with Crippen LogP contribution in [0.1, 0.15) is 20.3 Å². The van der Waals surface area contributed by atoms with Crippen molar-refractivity contribution in [2.24, 2.45) is 5.10 Å². The van der Waals surface area contributed by atoms with Crippen LogP contribution in [0.15, 0.2) is 16.8 Å². The Morgan fingerprint density at radius 3 is 2.50 bits per heavy atom. The third-order valence-corrected chi connectivity index (χ3v) is 1.02. The van der Waals surface area contributed by atoms with Gasteiger partial charge >= 0.3 is 0 Å². The summed E-state index contributed by atoms with van der Waals surface area (Å²) in [6.45, 7) is 4.17. The molecule has 58 valence electrons. The Morgan fingerprint density at radius 1 is 1.50 bits per heavy atom. The van der Waals surface area contributed by atoms with Gasteiger partial charge in [-0.05, 0) is 18.9 Å². The lowest BCUT2D eigenvalue weighted by Gasteiger charge is -2.01. The van der Waals surface area contributed by atoms with Crippen LogP contribution in [0.5, 0.6) is 0 Å². The van der Waals surface area contributed by atoms with Crippen LogP contribution in [-0.2, 0) is 0 Å². The normalized spacial score (nSPS) is 12.6. The van der Waals surface area contributed by atoms with E-state index in [4.69, 9.17) is 0 Å². The zero-order chi connectivity index (χ0) is 7.98. The van der Waals surface area contributed by atoms with Gasteiger partial charge in [-0.1, -0.05) is 13.0 Å². The topological polar surface area (TPSA) is 15.6 Å². The Kier molecular flexibility index (Phi) is 4.63. The minimum absolute atomic E-state index is 1.07. The summed E-state index contributed by atoms with van der Waals surface area (Å²) in [5.74, 6) is 0. The van der Waals surface area contributed by atoms with Gasteiger partial charge in [0.1, 0.15) is 0 Å². The molecular weight excluding hydrogens is 124 g/mol. The number of hydrogen-bond acceptors (Lipinski definition) is 2. The maximum Gasteiger partial charge on any atom is 0.0496 e. The molecule has 0 aliphatic heterocycles. The zero-order valence-electron chi connectivity index (χ0n) is 7.26. The van der Waals surface area contributed by atoms with E-state index in [1.54, 1.807) is 5.01 Å². The maximum atomic E-state index is 4.08. The van der Waals surface area contributed by atoms with Crippen LogP contribution in [0.25, 0.3) is 0 Å². The fraction of sp³-hybridized carbons (Fsp3) is 0.625. The van der Waals surface area contributed by atoms with Crippen molar-refractivity contribution in [1.82, 2.24) is 5.01 Å². The van der Waals surface area contributed by atoms with Crippen LogP contribution in [0.2, 0.25) is 0 Å². The molecule has 0 unspecified atom stereocenters. The molecule has 0 aromatic rings. The molecule has 0 fully saturated rings. The standard InChI is InChI=1S/C8H16N2/c1-5-6-8(2)7-9-10(3)4/h6-7H,5H2,1-4H3/b8-6+,9-7+. The largest absolute Gasteiger partial charge is 0.303 e. The molecule has 0 amide bonds. The number of allylic oxidation sites excluding steroid dienone is 2. The van der Waals surface area contributed by atoms with Gasteiger partial charge in [0.05, 0.1) is 0 Å². The van der Waals surface area contributed by atoms with Crippen molar-refractivity contribution in [2.45, 2.75) is 20.3 Å². The summed E-state index contributed by atoms with van der Waals surface area (Å²) in [6.07, 6.45) is 5.09. The Balaban J connectivity index is 3.77. The Hall–Kier alpha value is -0.790. The first-order valence-electron chi connectivity index (χ1n) is 3.55. The number of hydrogen-bond donors (Lipinski definition) is 0. The zero-order valence-corrected chi connectivity index (χ0v) is 7.26. The highest BCUT2D eigenvalue weighted by molar-refractivity contribution is 5.77. The van der Waals surface area contributed by atoms with Crippen molar-refractivity contribution in [3.05, 3.63) is 11.6 Å². The van der Waals surface area contributed by atoms with E-state index in [-0.39, 0.29) is 0 Å². The summed E-state index contributed by atoms with van der Waals surface area (Å²) in [5, 5.41) is 5.87. The van der Waals surface area contributed by atoms with Crippen LogP contribution in [-0.4, -0.2) is 25.3 Å². The van der Waals surface area contributed by atoms with Crippen LogP contribution in [0, 0.1) is 0 Å². The molecule has 0 aromatic carbocycles. The third kappa shape index (κ3) is 5.35. The van der Waals surface area contributed by atoms with Crippen LogP contribution in [0.4, 0.5) is 0 Å². The molecule has 2 nitrogen and oxygen atoms in total. The van der Waals surface area contributed by atoms with Gasteiger partial charge in [0.25, 0.3) is 0 Å². The Morgan fingerprint density at radius 2 is 2.10 bits per heavy atom. The van der Waals surface area contributed by atoms with Gasteiger partial charge in [0.2, 0.25) is 0 Å². The van der Waals surface area contributed by atoms with E-state index in [1.807, 2.05) is 20.3 Å². The summed E-state index contributed by atoms with van der Waals surface area (Å²) < 4.78 is 0. The monoisotopic (exact) mass is 140 g/mol. The quantitative estimate of drug-likeness (QED) is 0.432. The van der Waals surface area contributed by atoms with Gasteiger partial charge < -0.3 is 5.01 Å². The average molecular weight is 140 g/mol. The Bertz CT molecular complexity index is 134. The van der Waals surface area contributed by atoms with Crippen molar-refractivity contribution in [3.8, 4) is 0 Å². The van der Waals surface area contributed by atoms with Crippen LogP contribution >= 0.6 is 0 Å². The van der Waals surface area contributed by atoms with E-state index in [1.165, 1.54) is 5.57 Å². The average Bonchev–Trinajstić information content (AvgIpc) is 1.85. The van der Waals surface area contributed by atoms with Gasteiger partial charge in [0, 0.05) is 20.3 Å². The molecule has 0 radical (unpaired) electrons. The third-order valence-electron chi connectivity index (χ3n) is 1.02. The summed E-state index contributed by atoms with van der Waals surface area (Å²) in [6, 6.07) is 0. The summed E-state index contributed by atoms with van der Waals surface area (Å²) in [7, 11) is 3.82. The van der Waals surface area contributed by atoms with Crippen molar-refractivity contribution in [3.63, 3.8) is 0 Å². The minimum atomic E-state index is 1.07. The second-order valence-electron chi connectivity index (χ2n) is 2.45. The van der Waals surface area contributed by atoms with Crippen molar-refractivity contribution in [2.75, 3.05) is 14.1 Å². The molecule has 0 heterocycles. The van der Waals surface area contributed by atoms with E-state index in [0.717, 1.165) is 6.42 Å². The van der Waals surface area contributed by atoms with Gasteiger partial charge in [-0.2, -0.15) is 5.10 Å². The Labute approximate surface area is 63.2 Å². The SMILES string of the molecule is CC/C=C(C)/C=N/N(C)C. The second-order valence-corrected chi connectivity index (χ2v) is 2.45. The van der Waals surface area contributed by atoms with E-state index in [2.05, 4.69) is 25.0 Å². The van der Waals surface area contributed by atoms with Gasteiger partial charge in [0.15, 0.2) is 0 Å². The van der Waals surface area contributed by atoms with Crippen molar-refractivity contribution in [1.29, 1.82) is 0 Å². The number of hydrazone groups is 1. The predicted octanol–water partition coefficient (Wildman–Crippen LogP) is 1.89. The number of rotatable bonds is 3. The highest BCUT2D eigenvalue weighted by Gasteiger charge is 1.80. The summed E-state index contributed by atoms with van der Waals surface area (Å²) in [5.41, 5.74) is 1.22. The first-order chi connectivity index (χ1) is 4.66. The van der Waals surface area contributed by atoms with Gasteiger partial charge in [-0.3, -0.25) is 0 Å². The number of nitrogens with zero attached hydrogens (tertiary/aromatic N) is 2. The lowest BCUT2D eigenvalue weighted by atomic mass is 10.3. The van der Waals surface area contributed by atoms with E-state index < -0.39 is 0 Å². The van der Waals surface area contributed by atoms with Crippen LogP contribution in [0.3, 0.4) is 0 Å². The van der Waals surface area contributed by atoms with E-state index in [0.29, 0.717) is 0 Å². The molecule has 0 aliphatic rings. The van der Waals surface area contributed by atoms with Gasteiger partial charge in [-0.15, -0.1) is 0 Å². The molecule has 0 atom stereocenters. The van der Waals surface area contributed by atoms with E-state index in [9.17, 15) is 0 Å². The maximum absolute atomic E-state index is 4.08. The molecule has 10 heavy (non-hydrogen) atoms. The molecular formula is C8H16N2. The molecule has 0 aromatic heterocycles. The second kappa shape index (κ2) is 5.03. The fourth-order valence-electron chi connectivity index (χ4n) is 0.581. The lowest BCUT2D eigenvalue weighted by Crippen LogP contribution is -2.01. The lowest BCUT2D eigenvalue weighted by molar-refractivity contribution is 0.440. The molecule has 0 N–H and O–H groups in total. The summed E-state index contributed by atoms with van der Waals surface area (Å²) >= 11 is 0.